The Morgan fingerprint density at radius 1 is 0.833 bits per heavy atom. The van der Waals surface area contributed by atoms with Gasteiger partial charge in [-0.2, -0.15) is 5.10 Å². The molecule has 0 aliphatic carbocycles. The van der Waals surface area contributed by atoms with E-state index in [2.05, 4.69) is 10.2 Å². The van der Waals surface area contributed by atoms with Gasteiger partial charge in [-0.1, -0.05) is 18.2 Å². The third-order valence-corrected chi connectivity index (χ3v) is 7.37. The zero-order chi connectivity index (χ0) is 30.0. The molecule has 0 bridgehead atoms. The number of anilines is 1. The molecular weight excluding hydrogens is 562 g/mol. The molecule has 1 saturated heterocycles. The number of hydrogen-bond donors (Lipinski definition) is 0. The predicted octanol–water partition coefficient (Wildman–Crippen LogP) is 4.81. The fourth-order valence-corrected chi connectivity index (χ4v) is 5.14. The summed E-state index contributed by atoms with van der Waals surface area (Å²) in [6.07, 6.45) is 2.93. The average Bonchev–Trinajstić information content (AvgIpc) is 3.39. The SMILES string of the molecule is Cc1c(N2C(=O)/C(=C/c3ccc([N+](=O)[O-])cc3)S/C2=N/N=C\c2ccc([N+](=O)[O-])cc2)c(=O)n(-c2ccccc2)n1C. The van der Waals surface area contributed by atoms with Gasteiger partial charge in [-0.15, -0.1) is 5.10 Å². The Balaban J connectivity index is 1.58. The van der Waals surface area contributed by atoms with Crippen LogP contribution in [-0.2, 0) is 11.8 Å². The van der Waals surface area contributed by atoms with E-state index in [1.165, 1.54) is 64.3 Å². The minimum absolute atomic E-state index is 0.0724. The molecule has 42 heavy (non-hydrogen) atoms. The molecule has 0 saturated carbocycles. The van der Waals surface area contributed by atoms with Gasteiger partial charge in [0, 0.05) is 31.3 Å². The minimum Gasteiger partial charge on any atom is -0.283 e. The molecule has 1 amide bonds. The number of para-hydroxylation sites is 1. The summed E-state index contributed by atoms with van der Waals surface area (Å²) < 4.78 is 3.08. The normalized spacial score (nSPS) is 15.3. The molecule has 1 aliphatic rings. The molecule has 0 atom stereocenters. The van der Waals surface area contributed by atoms with Crippen molar-refractivity contribution in [3.8, 4) is 5.69 Å². The first-order chi connectivity index (χ1) is 20.2. The number of amidine groups is 1. The van der Waals surface area contributed by atoms with Gasteiger partial charge in [-0.25, -0.2) is 9.58 Å². The number of amides is 1. The lowest BCUT2D eigenvalue weighted by atomic mass is 10.2. The molecule has 3 aromatic carbocycles. The molecule has 5 rings (SSSR count). The number of carbonyl (C=O) groups is 1. The standard InChI is InChI=1S/C28H21N7O6S/c1-18-25(27(37)33(31(18)2)21-6-4-3-5-7-21)32-26(36)24(16-19-8-12-22(13-9-19)34(38)39)42-28(32)30-29-17-20-10-14-23(15-11-20)35(40)41/h3-17H,1-2H3/b24-16-,29-17-,30-28+. The molecule has 14 heteroatoms. The highest BCUT2D eigenvalue weighted by molar-refractivity contribution is 8.19. The Morgan fingerprint density at radius 3 is 1.98 bits per heavy atom. The van der Waals surface area contributed by atoms with Crippen LogP contribution in [0.3, 0.4) is 0 Å². The number of thioether (sulfide) groups is 1. The number of benzene rings is 3. The van der Waals surface area contributed by atoms with Crippen molar-refractivity contribution in [3.05, 3.63) is 131 Å². The molecule has 4 aromatic rings. The Kier molecular flexibility index (Phi) is 7.62. The summed E-state index contributed by atoms with van der Waals surface area (Å²) in [5.41, 5.74) is 1.67. The zero-order valence-electron chi connectivity index (χ0n) is 22.1. The number of nitro groups is 2. The molecule has 2 heterocycles. The Hall–Kier alpha value is -5.63. The fourth-order valence-electron chi connectivity index (χ4n) is 4.22. The van der Waals surface area contributed by atoms with E-state index in [9.17, 15) is 29.8 Å². The molecule has 210 valence electrons. The number of aromatic nitrogens is 2. The van der Waals surface area contributed by atoms with Gasteiger partial charge in [0.05, 0.1) is 32.3 Å². The summed E-state index contributed by atoms with van der Waals surface area (Å²) in [6, 6.07) is 20.3. The van der Waals surface area contributed by atoms with E-state index in [0.717, 1.165) is 11.8 Å². The van der Waals surface area contributed by atoms with Crippen LogP contribution in [0.2, 0.25) is 0 Å². The van der Waals surface area contributed by atoms with E-state index in [-0.39, 0.29) is 27.1 Å². The van der Waals surface area contributed by atoms with Gasteiger partial charge in [0.15, 0.2) is 0 Å². The van der Waals surface area contributed by atoms with Gasteiger partial charge in [0.2, 0.25) is 5.17 Å². The van der Waals surface area contributed by atoms with Crippen molar-refractivity contribution in [2.45, 2.75) is 6.92 Å². The number of nitro benzene ring substituents is 2. The number of carbonyl (C=O) groups excluding carboxylic acids is 1. The second-order valence-electron chi connectivity index (χ2n) is 8.99. The first kappa shape index (κ1) is 27.9. The van der Waals surface area contributed by atoms with Crippen molar-refractivity contribution in [1.29, 1.82) is 0 Å². The van der Waals surface area contributed by atoms with E-state index in [1.54, 1.807) is 49.0 Å². The van der Waals surface area contributed by atoms with Gasteiger partial charge in [0.25, 0.3) is 22.8 Å². The average molecular weight is 584 g/mol. The molecular formula is C28H21N7O6S. The number of non-ortho nitro benzene ring substituents is 2. The molecule has 0 N–H and O–H groups in total. The predicted molar refractivity (Wildman–Crippen MR) is 160 cm³/mol. The quantitative estimate of drug-likeness (QED) is 0.131. The third kappa shape index (κ3) is 5.38. The largest absolute Gasteiger partial charge is 0.296 e. The van der Waals surface area contributed by atoms with Crippen LogP contribution < -0.4 is 10.5 Å². The first-order valence-corrected chi connectivity index (χ1v) is 13.2. The minimum atomic E-state index is -0.520. The fraction of sp³-hybridized carbons (Fsp3) is 0.0714. The maximum atomic E-state index is 13.8. The highest BCUT2D eigenvalue weighted by Gasteiger charge is 2.39. The lowest BCUT2D eigenvalue weighted by Crippen LogP contribution is -2.33. The van der Waals surface area contributed by atoms with E-state index >= 15 is 0 Å². The van der Waals surface area contributed by atoms with E-state index in [1.807, 2.05) is 6.07 Å². The highest BCUT2D eigenvalue weighted by Crippen LogP contribution is 2.36. The van der Waals surface area contributed by atoms with Crippen LogP contribution in [0.15, 0.2) is 98.8 Å². The van der Waals surface area contributed by atoms with Crippen molar-refractivity contribution in [2.24, 2.45) is 17.3 Å². The van der Waals surface area contributed by atoms with Crippen LogP contribution in [0.25, 0.3) is 11.8 Å². The van der Waals surface area contributed by atoms with E-state index in [0.29, 0.717) is 22.5 Å². The number of nitrogens with zero attached hydrogens (tertiary/aromatic N) is 7. The molecule has 1 aromatic heterocycles. The smallest absolute Gasteiger partial charge is 0.283 e. The van der Waals surface area contributed by atoms with Crippen LogP contribution in [0.5, 0.6) is 0 Å². The van der Waals surface area contributed by atoms with Crippen molar-refractivity contribution in [3.63, 3.8) is 0 Å². The van der Waals surface area contributed by atoms with Crippen LogP contribution in [-0.4, -0.2) is 36.5 Å². The van der Waals surface area contributed by atoms with Gasteiger partial charge in [-0.3, -0.25) is 34.5 Å². The van der Waals surface area contributed by atoms with Gasteiger partial charge >= 0.3 is 0 Å². The van der Waals surface area contributed by atoms with E-state index < -0.39 is 21.3 Å². The van der Waals surface area contributed by atoms with Gasteiger partial charge in [0.1, 0.15) is 5.69 Å². The number of rotatable bonds is 7. The van der Waals surface area contributed by atoms with E-state index in [4.69, 9.17) is 0 Å². The van der Waals surface area contributed by atoms with Crippen LogP contribution in [0.4, 0.5) is 17.1 Å². The summed E-state index contributed by atoms with van der Waals surface area (Å²) in [6.45, 7) is 1.71. The third-order valence-electron chi connectivity index (χ3n) is 6.41. The Morgan fingerprint density at radius 2 is 1.40 bits per heavy atom. The van der Waals surface area contributed by atoms with Crippen molar-refractivity contribution in [2.75, 3.05) is 4.90 Å². The van der Waals surface area contributed by atoms with Crippen molar-refractivity contribution in [1.82, 2.24) is 9.36 Å². The zero-order valence-corrected chi connectivity index (χ0v) is 23.0. The molecule has 0 unspecified atom stereocenters. The van der Waals surface area contributed by atoms with Gasteiger partial charge in [-0.05, 0) is 72.3 Å². The van der Waals surface area contributed by atoms with Gasteiger partial charge < -0.3 is 0 Å². The lowest BCUT2D eigenvalue weighted by Gasteiger charge is -2.12. The second-order valence-corrected chi connectivity index (χ2v) is 9.99. The maximum Gasteiger partial charge on any atom is 0.296 e. The Bertz CT molecular complexity index is 1860. The number of hydrogen-bond acceptors (Lipinski definition) is 9. The van der Waals surface area contributed by atoms with Crippen LogP contribution in [0, 0.1) is 27.2 Å². The summed E-state index contributed by atoms with van der Waals surface area (Å²) in [4.78, 5) is 49.9. The highest BCUT2D eigenvalue weighted by atomic mass is 32.2. The molecule has 0 spiro atoms. The summed E-state index contributed by atoms with van der Waals surface area (Å²) in [7, 11) is 1.71. The Labute approximate surface area is 242 Å². The van der Waals surface area contributed by atoms with Crippen LogP contribution >= 0.6 is 11.8 Å². The topological polar surface area (TPSA) is 158 Å². The van der Waals surface area contributed by atoms with Crippen molar-refractivity contribution >= 4 is 52.2 Å². The summed E-state index contributed by atoms with van der Waals surface area (Å²) in [5.74, 6) is -0.520. The summed E-state index contributed by atoms with van der Waals surface area (Å²) >= 11 is 0.990. The lowest BCUT2D eigenvalue weighted by molar-refractivity contribution is -0.385. The summed E-state index contributed by atoms with van der Waals surface area (Å²) in [5, 5.41) is 30.4. The molecule has 0 radical (unpaired) electrons. The molecule has 1 aliphatic heterocycles. The molecule has 13 nitrogen and oxygen atoms in total. The van der Waals surface area contributed by atoms with Crippen molar-refractivity contribution < 1.29 is 14.6 Å². The molecule has 1 fully saturated rings. The van der Waals surface area contributed by atoms with Crippen LogP contribution in [0.1, 0.15) is 16.8 Å². The maximum absolute atomic E-state index is 13.8. The monoisotopic (exact) mass is 583 g/mol. The first-order valence-electron chi connectivity index (χ1n) is 12.3. The second kappa shape index (κ2) is 11.5.